The Labute approximate surface area is 192 Å². The van der Waals surface area contributed by atoms with Gasteiger partial charge in [-0.2, -0.15) is 4.31 Å². The summed E-state index contributed by atoms with van der Waals surface area (Å²) >= 11 is 0. The van der Waals surface area contributed by atoms with Crippen LogP contribution in [0.3, 0.4) is 0 Å². The normalized spacial score (nSPS) is 13.6. The second-order valence-corrected chi connectivity index (χ2v) is 9.77. The molecule has 0 aliphatic carbocycles. The van der Waals surface area contributed by atoms with E-state index in [0.29, 0.717) is 18.0 Å². The Morgan fingerprint density at radius 1 is 1.06 bits per heavy atom. The molecule has 0 radical (unpaired) electrons. The van der Waals surface area contributed by atoms with Gasteiger partial charge in [0.2, 0.25) is 21.8 Å². The largest absolute Gasteiger partial charge is 0.468 e. The lowest BCUT2D eigenvalue weighted by Gasteiger charge is -2.31. The van der Waals surface area contributed by atoms with Crippen molar-refractivity contribution in [2.24, 2.45) is 0 Å². The van der Waals surface area contributed by atoms with Crippen LogP contribution >= 0.6 is 0 Å². The van der Waals surface area contributed by atoms with Crippen LogP contribution in [0.5, 0.6) is 0 Å². The predicted molar refractivity (Wildman–Crippen MR) is 124 cm³/mol. The van der Waals surface area contributed by atoms with Crippen molar-refractivity contribution in [2.75, 3.05) is 23.3 Å². The van der Waals surface area contributed by atoms with Gasteiger partial charge in [0.15, 0.2) is 0 Å². The lowest BCUT2D eigenvalue weighted by molar-refractivity contribution is -0.119. The molecule has 1 N–H and O–H groups in total. The van der Waals surface area contributed by atoms with Crippen molar-refractivity contribution in [1.82, 2.24) is 4.31 Å². The fourth-order valence-corrected chi connectivity index (χ4v) is 5.25. The SMILES string of the molecule is CC(=O)Nc1ccc(S(=O)(=O)N(CC(=O)N2CCCc3ccccc32)Cc2ccco2)cc1. The highest BCUT2D eigenvalue weighted by atomic mass is 32.2. The van der Waals surface area contributed by atoms with Gasteiger partial charge in [-0.25, -0.2) is 8.42 Å². The van der Waals surface area contributed by atoms with Crippen LogP contribution in [-0.4, -0.2) is 37.6 Å². The van der Waals surface area contributed by atoms with Crippen molar-refractivity contribution in [1.29, 1.82) is 0 Å². The van der Waals surface area contributed by atoms with Crippen LogP contribution in [0.2, 0.25) is 0 Å². The number of nitrogens with zero attached hydrogens (tertiary/aromatic N) is 2. The first kappa shape index (κ1) is 22.8. The van der Waals surface area contributed by atoms with E-state index in [1.165, 1.54) is 37.5 Å². The Kier molecular flexibility index (Phi) is 6.62. The van der Waals surface area contributed by atoms with Gasteiger partial charge in [-0.05, 0) is 60.9 Å². The van der Waals surface area contributed by atoms with E-state index in [9.17, 15) is 18.0 Å². The second-order valence-electron chi connectivity index (χ2n) is 7.84. The average molecular weight is 468 g/mol. The monoisotopic (exact) mass is 467 g/mol. The summed E-state index contributed by atoms with van der Waals surface area (Å²) < 4.78 is 33.5. The Morgan fingerprint density at radius 2 is 1.82 bits per heavy atom. The zero-order valence-corrected chi connectivity index (χ0v) is 19.0. The van der Waals surface area contributed by atoms with Gasteiger partial charge in [0, 0.05) is 24.8 Å². The van der Waals surface area contributed by atoms with Gasteiger partial charge in [0.1, 0.15) is 5.76 Å². The van der Waals surface area contributed by atoms with Gasteiger partial charge in [0.05, 0.1) is 24.2 Å². The maximum Gasteiger partial charge on any atom is 0.243 e. The van der Waals surface area contributed by atoms with Crippen molar-refractivity contribution in [3.05, 3.63) is 78.3 Å². The van der Waals surface area contributed by atoms with Crippen LogP contribution in [-0.2, 0) is 32.6 Å². The number of fused-ring (bicyclic) bond motifs is 1. The summed E-state index contributed by atoms with van der Waals surface area (Å²) in [6, 6.07) is 16.9. The van der Waals surface area contributed by atoms with E-state index in [1.54, 1.807) is 17.0 Å². The third kappa shape index (κ3) is 5.15. The quantitative estimate of drug-likeness (QED) is 0.574. The molecular formula is C24H25N3O5S. The van der Waals surface area contributed by atoms with Crippen LogP contribution in [0.15, 0.2) is 76.2 Å². The number of amides is 2. The molecule has 8 nitrogen and oxygen atoms in total. The summed E-state index contributed by atoms with van der Waals surface area (Å²) in [5.74, 6) is -0.120. The lowest BCUT2D eigenvalue weighted by Crippen LogP contribution is -2.44. The highest BCUT2D eigenvalue weighted by Crippen LogP contribution is 2.28. The fourth-order valence-electron chi connectivity index (χ4n) is 3.89. The number of furan rings is 1. The highest BCUT2D eigenvalue weighted by Gasteiger charge is 2.31. The Balaban J connectivity index is 1.61. The number of sulfonamides is 1. The molecule has 1 aromatic heterocycles. The Hall–Kier alpha value is -3.43. The summed E-state index contributed by atoms with van der Waals surface area (Å²) in [6.07, 6.45) is 3.17. The zero-order chi connectivity index (χ0) is 23.4. The number of rotatable bonds is 7. The first-order chi connectivity index (χ1) is 15.8. The van der Waals surface area contributed by atoms with Gasteiger partial charge in [-0.1, -0.05) is 18.2 Å². The molecule has 9 heteroatoms. The van der Waals surface area contributed by atoms with Crippen LogP contribution in [0.1, 0.15) is 24.7 Å². The molecule has 0 atom stereocenters. The topological polar surface area (TPSA) is 99.9 Å². The third-order valence-electron chi connectivity index (χ3n) is 5.45. The van der Waals surface area contributed by atoms with Gasteiger partial charge in [-0.15, -0.1) is 0 Å². The lowest BCUT2D eigenvalue weighted by atomic mass is 10.0. The average Bonchev–Trinajstić information content (AvgIpc) is 3.31. The Bertz CT molecular complexity index is 1240. The maximum atomic E-state index is 13.5. The van der Waals surface area contributed by atoms with Crippen LogP contribution in [0.4, 0.5) is 11.4 Å². The van der Waals surface area contributed by atoms with E-state index in [4.69, 9.17) is 4.42 Å². The van der Waals surface area contributed by atoms with Crippen molar-refractivity contribution in [3.63, 3.8) is 0 Å². The molecule has 172 valence electrons. The standard InChI is InChI=1S/C24H25N3O5S/c1-18(28)25-20-10-12-22(13-11-20)33(30,31)26(16-21-8-5-15-32-21)17-24(29)27-14-4-7-19-6-2-3-9-23(19)27/h2-3,5-6,8-13,15H,4,7,14,16-17H2,1H3,(H,25,28). The van der Waals surface area contributed by atoms with Gasteiger partial charge < -0.3 is 14.6 Å². The van der Waals surface area contributed by atoms with Crippen LogP contribution in [0, 0.1) is 0 Å². The summed E-state index contributed by atoms with van der Waals surface area (Å²) in [5.41, 5.74) is 2.38. The molecule has 33 heavy (non-hydrogen) atoms. The molecule has 1 aliphatic rings. The van der Waals surface area contributed by atoms with Crippen molar-refractivity contribution < 1.29 is 22.4 Å². The molecule has 0 saturated heterocycles. The smallest absolute Gasteiger partial charge is 0.243 e. The molecule has 0 spiro atoms. The first-order valence-corrected chi connectivity index (χ1v) is 12.1. The minimum Gasteiger partial charge on any atom is -0.468 e. The van der Waals surface area contributed by atoms with Crippen LogP contribution < -0.4 is 10.2 Å². The molecule has 4 rings (SSSR count). The van der Waals surface area contributed by atoms with Crippen molar-refractivity contribution in [2.45, 2.75) is 31.2 Å². The predicted octanol–water partition coefficient (Wildman–Crippen LogP) is 3.41. The third-order valence-corrected chi connectivity index (χ3v) is 7.25. The highest BCUT2D eigenvalue weighted by molar-refractivity contribution is 7.89. The summed E-state index contributed by atoms with van der Waals surface area (Å²) in [6.45, 7) is 1.50. The molecule has 2 amide bonds. The number of nitrogens with one attached hydrogen (secondary N) is 1. The number of aryl methyl sites for hydroxylation is 1. The molecule has 3 aromatic rings. The molecule has 2 aromatic carbocycles. The van der Waals surface area contributed by atoms with E-state index in [0.717, 1.165) is 28.4 Å². The molecule has 1 aliphatic heterocycles. The summed E-state index contributed by atoms with van der Waals surface area (Å²) in [5, 5.41) is 2.61. The number of anilines is 2. The number of benzene rings is 2. The first-order valence-electron chi connectivity index (χ1n) is 10.6. The summed E-state index contributed by atoms with van der Waals surface area (Å²) in [4.78, 5) is 26.2. The van der Waals surface area contributed by atoms with Gasteiger partial charge in [-0.3, -0.25) is 9.59 Å². The number of carbonyl (C=O) groups is 2. The van der Waals surface area contributed by atoms with E-state index in [2.05, 4.69) is 5.32 Å². The van der Waals surface area contributed by atoms with Gasteiger partial charge in [0.25, 0.3) is 0 Å². The number of carbonyl (C=O) groups excluding carboxylic acids is 2. The molecule has 0 bridgehead atoms. The fraction of sp³-hybridized carbons (Fsp3) is 0.250. The van der Waals surface area contributed by atoms with E-state index in [1.807, 2.05) is 24.3 Å². The van der Waals surface area contributed by atoms with E-state index < -0.39 is 10.0 Å². The Morgan fingerprint density at radius 3 is 2.52 bits per heavy atom. The molecular weight excluding hydrogens is 442 g/mol. The molecule has 0 fully saturated rings. The number of para-hydroxylation sites is 1. The second kappa shape index (κ2) is 9.60. The molecule has 2 heterocycles. The number of hydrogen-bond donors (Lipinski definition) is 1. The summed E-state index contributed by atoms with van der Waals surface area (Å²) in [7, 11) is -4.02. The van der Waals surface area contributed by atoms with E-state index >= 15 is 0 Å². The number of hydrogen-bond acceptors (Lipinski definition) is 5. The zero-order valence-electron chi connectivity index (χ0n) is 18.2. The molecule has 0 saturated carbocycles. The van der Waals surface area contributed by atoms with Crippen LogP contribution in [0.25, 0.3) is 0 Å². The van der Waals surface area contributed by atoms with E-state index in [-0.39, 0.29) is 29.8 Å². The minimum atomic E-state index is -4.02. The minimum absolute atomic E-state index is 0.0232. The maximum absolute atomic E-state index is 13.5. The van der Waals surface area contributed by atoms with Crippen molar-refractivity contribution >= 4 is 33.2 Å². The van der Waals surface area contributed by atoms with Crippen molar-refractivity contribution in [3.8, 4) is 0 Å². The van der Waals surface area contributed by atoms with Gasteiger partial charge >= 0.3 is 0 Å². The molecule has 0 unspecified atom stereocenters.